The molecule has 0 unspecified atom stereocenters. The Hall–Kier alpha value is 0.540. The monoisotopic (exact) mass is 148 g/mol. The molecule has 0 aliphatic heterocycles. The van der Waals surface area contributed by atoms with Gasteiger partial charge in [-0.1, -0.05) is 0 Å². The van der Waals surface area contributed by atoms with Crippen LogP contribution in [-0.2, 0) is 0 Å². The van der Waals surface area contributed by atoms with Crippen LogP contribution in [0.5, 0.6) is 0 Å². The van der Waals surface area contributed by atoms with E-state index in [0.29, 0.717) is 0 Å². The minimum Gasteiger partial charge on any atom is -0.262 e. The van der Waals surface area contributed by atoms with Crippen molar-refractivity contribution in [3.63, 3.8) is 0 Å². The molecule has 0 saturated carbocycles. The maximum atomic E-state index is 8.98. The SMILES string of the molecule is CCl.O=C(Cl)Cl. The number of rotatable bonds is 0. The Bertz CT molecular complexity index is 31.8. The Morgan fingerprint density at radius 3 is 1.33 bits per heavy atom. The summed E-state index contributed by atoms with van der Waals surface area (Å²) < 4.78 is -0.889. The van der Waals surface area contributed by atoms with Gasteiger partial charge in [0.05, 0.1) is 0 Å². The first kappa shape index (κ1) is 9.74. The second-order valence-electron chi connectivity index (χ2n) is 0.226. The van der Waals surface area contributed by atoms with Crippen molar-refractivity contribution in [3.05, 3.63) is 0 Å². The zero-order valence-electron chi connectivity index (χ0n) is 3.04. The van der Waals surface area contributed by atoms with E-state index < -0.39 is 4.70 Å². The number of hydrogen-bond donors (Lipinski definition) is 0. The van der Waals surface area contributed by atoms with Crippen LogP contribution in [0.3, 0.4) is 0 Å². The molecule has 1 nitrogen and oxygen atoms in total. The van der Waals surface area contributed by atoms with Gasteiger partial charge >= 0.3 is 4.70 Å². The van der Waals surface area contributed by atoms with Crippen LogP contribution in [-0.4, -0.2) is 11.1 Å². The molecule has 0 saturated heterocycles. The molecule has 0 aromatic rings. The van der Waals surface area contributed by atoms with Crippen LogP contribution >= 0.6 is 34.8 Å². The van der Waals surface area contributed by atoms with Crippen LogP contribution in [0.2, 0.25) is 0 Å². The van der Waals surface area contributed by atoms with Crippen molar-refractivity contribution in [2.75, 3.05) is 6.38 Å². The minimum absolute atomic E-state index is 0.889. The zero-order valence-corrected chi connectivity index (χ0v) is 5.31. The maximum Gasteiger partial charge on any atom is 0.313 e. The lowest BCUT2D eigenvalue weighted by molar-refractivity contribution is 0.275. The summed E-state index contributed by atoms with van der Waals surface area (Å²) in [6.07, 6.45) is 1.47. The van der Waals surface area contributed by atoms with Crippen LogP contribution < -0.4 is 0 Å². The van der Waals surface area contributed by atoms with Crippen LogP contribution in [0.1, 0.15) is 0 Å². The third-order valence-corrected chi connectivity index (χ3v) is 0. The fourth-order valence-electron chi connectivity index (χ4n) is 0. The van der Waals surface area contributed by atoms with Gasteiger partial charge in [0.15, 0.2) is 0 Å². The van der Waals surface area contributed by atoms with Crippen molar-refractivity contribution < 1.29 is 4.79 Å². The second-order valence-corrected chi connectivity index (χ2v) is 1.11. The summed E-state index contributed by atoms with van der Waals surface area (Å²) in [5.74, 6) is 0. The molecule has 0 atom stereocenters. The molecule has 38 valence electrons. The Morgan fingerprint density at radius 1 is 1.33 bits per heavy atom. The van der Waals surface area contributed by atoms with Crippen molar-refractivity contribution in [1.29, 1.82) is 0 Å². The highest BCUT2D eigenvalue weighted by molar-refractivity contribution is 6.93. The number of halogens is 3. The van der Waals surface area contributed by atoms with E-state index in [2.05, 4.69) is 34.8 Å². The average molecular weight is 149 g/mol. The third-order valence-electron chi connectivity index (χ3n) is 0. The van der Waals surface area contributed by atoms with Gasteiger partial charge in [-0.2, -0.15) is 0 Å². The van der Waals surface area contributed by atoms with Crippen molar-refractivity contribution in [2.24, 2.45) is 0 Å². The Morgan fingerprint density at radius 2 is 1.33 bits per heavy atom. The smallest absolute Gasteiger partial charge is 0.262 e. The fourth-order valence-corrected chi connectivity index (χ4v) is 0. The molecule has 0 aliphatic rings. The standard InChI is InChI=1S/CCl2O.CH3Cl/c2-1(3)4;1-2/h;1H3. The van der Waals surface area contributed by atoms with Crippen molar-refractivity contribution in [2.45, 2.75) is 0 Å². The molecule has 0 aromatic carbocycles. The van der Waals surface area contributed by atoms with Gasteiger partial charge < -0.3 is 0 Å². The molecule has 0 rings (SSSR count). The molecule has 0 bridgehead atoms. The van der Waals surface area contributed by atoms with E-state index in [0.717, 1.165) is 0 Å². The molecule has 0 heterocycles. The Kier molecular flexibility index (Phi) is 14.8. The van der Waals surface area contributed by atoms with Gasteiger partial charge in [-0.15, -0.1) is 11.6 Å². The summed E-state index contributed by atoms with van der Waals surface area (Å²) in [5.41, 5.74) is 0. The van der Waals surface area contributed by atoms with Gasteiger partial charge in [0.1, 0.15) is 0 Å². The minimum atomic E-state index is -0.889. The van der Waals surface area contributed by atoms with Crippen LogP contribution in [0.25, 0.3) is 0 Å². The highest BCUT2D eigenvalue weighted by atomic mass is 35.5. The van der Waals surface area contributed by atoms with E-state index >= 15 is 0 Å². The lowest BCUT2D eigenvalue weighted by Crippen LogP contribution is -1.46. The summed E-state index contributed by atoms with van der Waals surface area (Å²) in [5, 5.41) is 0. The first-order valence-electron chi connectivity index (χ1n) is 0.960. The Balaban J connectivity index is 0. The number of alkyl halides is 1. The van der Waals surface area contributed by atoms with Gasteiger partial charge in [-0.3, -0.25) is 4.79 Å². The predicted octanol–water partition coefficient (Wildman–Crippen LogP) is 2.44. The van der Waals surface area contributed by atoms with Gasteiger partial charge in [-0.05, 0) is 23.2 Å². The summed E-state index contributed by atoms with van der Waals surface area (Å²) >= 11 is 13.4. The molecule has 0 amide bonds. The van der Waals surface area contributed by atoms with E-state index in [1.54, 1.807) is 0 Å². The van der Waals surface area contributed by atoms with Crippen LogP contribution in [0.4, 0.5) is 4.79 Å². The van der Waals surface area contributed by atoms with Gasteiger partial charge in [0.2, 0.25) is 0 Å². The lowest BCUT2D eigenvalue weighted by atomic mass is 11.8. The van der Waals surface area contributed by atoms with E-state index in [4.69, 9.17) is 4.79 Å². The molecule has 0 aromatic heterocycles. The highest BCUT2D eigenvalue weighted by Gasteiger charge is 1.72. The van der Waals surface area contributed by atoms with Crippen molar-refractivity contribution in [1.82, 2.24) is 0 Å². The molecular formula is C2H3Cl3O. The lowest BCUT2D eigenvalue weighted by Gasteiger charge is -1.48. The number of carbonyl (C=O) groups is 1. The second kappa shape index (κ2) is 9.11. The maximum absolute atomic E-state index is 8.98. The number of hydrogen-bond acceptors (Lipinski definition) is 1. The molecule has 0 fully saturated rings. The van der Waals surface area contributed by atoms with Crippen molar-refractivity contribution in [3.8, 4) is 0 Å². The third kappa shape index (κ3) is 195. The quantitative estimate of drug-likeness (QED) is 0.382. The van der Waals surface area contributed by atoms with Gasteiger partial charge in [0, 0.05) is 6.38 Å². The first-order valence-corrected chi connectivity index (χ1v) is 2.47. The summed E-state index contributed by atoms with van der Waals surface area (Å²) in [4.78, 5) is 8.98. The topological polar surface area (TPSA) is 17.1 Å². The van der Waals surface area contributed by atoms with Crippen LogP contribution in [0.15, 0.2) is 0 Å². The summed E-state index contributed by atoms with van der Waals surface area (Å²) in [6.45, 7) is 0. The fraction of sp³-hybridized carbons (Fsp3) is 0.500. The summed E-state index contributed by atoms with van der Waals surface area (Å²) in [6, 6.07) is 0. The predicted molar refractivity (Wildman–Crippen MR) is 28.9 cm³/mol. The van der Waals surface area contributed by atoms with Crippen molar-refractivity contribution >= 4 is 39.5 Å². The molecule has 0 spiro atoms. The van der Waals surface area contributed by atoms with E-state index in [9.17, 15) is 0 Å². The van der Waals surface area contributed by atoms with E-state index in [-0.39, 0.29) is 0 Å². The molecule has 0 aliphatic carbocycles. The molecule has 0 radical (unpaired) electrons. The number of carbonyl (C=O) groups excluding carboxylic acids is 1. The zero-order chi connectivity index (χ0) is 5.58. The summed E-state index contributed by atoms with van der Waals surface area (Å²) in [7, 11) is 0. The molecule has 0 N–H and O–H groups in total. The largest absolute Gasteiger partial charge is 0.313 e. The van der Waals surface area contributed by atoms with Crippen LogP contribution in [0, 0.1) is 0 Å². The van der Waals surface area contributed by atoms with E-state index in [1.807, 2.05) is 0 Å². The first-order chi connectivity index (χ1) is 2.73. The normalized spacial score (nSPS) is 5.33. The van der Waals surface area contributed by atoms with Gasteiger partial charge in [0.25, 0.3) is 0 Å². The highest BCUT2D eigenvalue weighted by Crippen LogP contribution is 1.84. The van der Waals surface area contributed by atoms with E-state index in [1.165, 1.54) is 6.38 Å². The average Bonchev–Trinajstić information content (AvgIpc) is 1.41. The van der Waals surface area contributed by atoms with Gasteiger partial charge in [-0.25, -0.2) is 0 Å². The molecule has 6 heavy (non-hydrogen) atoms. The Labute approximate surface area is 51.2 Å². The molecular weight excluding hydrogens is 146 g/mol. The molecule has 4 heteroatoms.